The number of ether oxygens (including phenoxy) is 2. The third-order valence-corrected chi connectivity index (χ3v) is 9.34. The van der Waals surface area contributed by atoms with Gasteiger partial charge in [-0.15, -0.1) is 0 Å². The van der Waals surface area contributed by atoms with Gasteiger partial charge in [0.05, 0.1) is 0 Å². The maximum atomic E-state index is 12.0. The number of hydrogen-bond acceptors (Lipinski definition) is 3. The van der Waals surface area contributed by atoms with Gasteiger partial charge in [0, 0.05) is 0 Å². The molecule has 28 heavy (non-hydrogen) atoms. The van der Waals surface area contributed by atoms with Gasteiger partial charge in [-0.05, 0) is 92.3 Å². The number of halogens is 3. The van der Waals surface area contributed by atoms with Gasteiger partial charge in [0.15, 0.2) is 0 Å². The monoisotopic (exact) mass is 450 g/mol. The quantitative estimate of drug-likeness (QED) is 0.326. The van der Waals surface area contributed by atoms with Gasteiger partial charge in [-0.2, -0.15) is 0 Å². The second-order valence-electron chi connectivity index (χ2n) is 10.4. The number of rotatable bonds is 2. The average Bonchev–Trinajstić information content (AvgIpc) is 3.01. The van der Waals surface area contributed by atoms with E-state index in [1.54, 1.807) is 0 Å². The second-order valence-corrected chi connectivity index (χ2v) is 12.9. The van der Waals surface area contributed by atoms with Gasteiger partial charge in [-0.25, -0.2) is 4.79 Å². The Kier molecular flexibility index (Phi) is 5.86. The van der Waals surface area contributed by atoms with Crippen LogP contribution in [0.2, 0.25) is 0 Å². The summed E-state index contributed by atoms with van der Waals surface area (Å²) in [5.41, 5.74) is 1.01. The van der Waals surface area contributed by atoms with Crippen molar-refractivity contribution in [2.45, 2.75) is 88.0 Å². The van der Waals surface area contributed by atoms with Crippen LogP contribution in [-0.2, 0) is 9.47 Å². The van der Waals surface area contributed by atoms with Crippen molar-refractivity contribution in [2.75, 3.05) is 6.61 Å². The minimum atomic E-state index is -1.60. The van der Waals surface area contributed by atoms with Crippen LogP contribution >= 0.6 is 34.8 Å². The van der Waals surface area contributed by atoms with E-state index >= 15 is 0 Å². The largest absolute Gasteiger partial charge is 0.508 e. The zero-order valence-corrected chi connectivity index (χ0v) is 19.3. The Labute approximate surface area is 184 Å². The van der Waals surface area contributed by atoms with Crippen LogP contribution in [0, 0.1) is 34.5 Å². The molecule has 4 aliphatic rings. The first kappa shape index (κ1) is 21.4. The summed E-state index contributed by atoms with van der Waals surface area (Å²) in [4.78, 5) is 12.0. The predicted molar refractivity (Wildman–Crippen MR) is 113 cm³/mol. The first-order valence-corrected chi connectivity index (χ1v) is 12.1. The Morgan fingerprint density at radius 3 is 2.54 bits per heavy atom. The lowest BCUT2D eigenvalue weighted by Gasteiger charge is -2.60. The summed E-state index contributed by atoms with van der Waals surface area (Å²) in [6, 6.07) is 0. The van der Waals surface area contributed by atoms with Crippen LogP contribution in [0.4, 0.5) is 4.79 Å². The summed E-state index contributed by atoms with van der Waals surface area (Å²) >= 11 is 16.9. The highest BCUT2D eigenvalue weighted by atomic mass is 35.6. The summed E-state index contributed by atoms with van der Waals surface area (Å²) in [7, 11) is 0. The van der Waals surface area contributed by atoms with Crippen molar-refractivity contribution < 1.29 is 14.3 Å². The molecule has 0 unspecified atom stereocenters. The molecule has 4 rings (SSSR count). The second kappa shape index (κ2) is 7.68. The lowest BCUT2D eigenvalue weighted by molar-refractivity contribution is -0.124. The molecule has 0 heterocycles. The molecule has 0 aromatic carbocycles. The van der Waals surface area contributed by atoms with E-state index < -0.39 is 9.95 Å². The number of alkyl halides is 3. The van der Waals surface area contributed by atoms with E-state index in [4.69, 9.17) is 44.3 Å². The Bertz CT molecular complexity index is 606. The first-order chi connectivity index (χ1) is 13.1. The van der Waals surface area contributed by atoms with Crippen molar-refractivity contribution in [2.24, 2.45) is 34.5 Å². The fourth-order valence-electron chi connectivity index (χ4n) is 7.63. The number of carbonyl (C=O) groups is 1. The molecule has 0 saturated heterocycles. The van der Waals surface area contributed by atoms with Crippen LogP contribution < -0.4 is 0 Å². The van der Waals surface area contributed by atoms with Crippen molar-refractivity contribution in [3.05, 3.63) is 0 Å². The van der Waals surface area contributed by atoms with E-state index in [-0.39, 0.29) is 12.7 Å². The average molecular weight is 452 g/mol. The molecule has 160 valence electrons. The molecule has 0 radical (unpaired) electrons. The standard InChI is InChI=1S/C22H33Cl3O3/c1-20-9-3-4-17(20)16-6-5-14-12-15(28-19(26)27-13-22(23,24)25)7-11-21(14,2)18(16)8-10-20/h14-18H,3-13H2,1-2H3/t14-,15+,16-,17+,18+,20+,21+/m0/s1. The molecule has 0 N–H and O–H groups in total. The topological polar surface area (TPSA) is 35.5 Å². The van der Waals surface area contributed by atoms with E-state index in [0.29, 0.717) is 16.7 Å². The van der Waals surface area contributed by atoms with Gasteiger partial charge in [0.1, 0.15) is 12.7 Å². The van der Waals surface area contributed by atoms with Gasteiger partial charge in [-0.3, -0.25) is 0 Å². The van der Waals surface area contributed by atoms with E-state index in [0.717, 1.165) is 37.0 Å². The van der Waals surface area contributed by atoms with Crippen molar-refractivity contribution in [3.8, 4) is 0 Å². The van der Waals surface area contributed by atoms with Crippen molar-refractivity contribution >= 4 is 41.0 Å². The van der Waals surface area contributed by atoms with E-state index in [1.807, 2.05) is 0 Å². The van der Waals surface area contributed by atoms with Gasteiger partial charge in [0.2, 0.25) is 3.79 Å². The molecule has 0 spiro atoms. The molecular weight excluding hydrogens is 419 g/mol. The highest BCUT2D eigenvalue weighted by molar-refractivity contribution is 6.67. The summed E-state index contributed by atoms with van der Waals surface area (Å²) in [6.45, 7) is 4.81. The lowest BCUT2D eigenvalue weighted by atomic mass is 9.45. The van der Waals surface area contributed by atoms with Gasteiger partial charge < -0.3 is 9.47 Å². The normalized spacial score (nSPS) is 45.5. The van der Waals surface area contributed by atoms with Gasteiger partial charge in [0.25, 0.3) is 0 Å². The minimum absolute atomic E-state index is 0.0714. The van der Waals surface area contributed by atoms with E-state index in [2.05, 4.69) is 13.8 Å². The molecule has 0 amide bonds. The summed E-state index contributed by atoms with van der Waals surface area (Å²) < 4.78 is 8.92. The van der Waals surface area contributed by atoms with Crippen LogP contribution in [0.25, 0.3) is 0 Å². The van der Waals surface area contributed by atoms with Gasteiger partial charge >= 0.3 is 6.16 Å². The fraction of sp³-hybridized carbons (Fsp3) is 0.955. The Hall–Kier alpha value is 0.140. The molecule has 0 aliphatic heterocycles. The summed E-state index contributed by atoms with van der Waals surface area (Å²) in [5.74, 6) is 3.34. The molecule has 0 bridgehead atoms. The van der Waals surface area contributed by atoms with E-state index in [9.17, 15) is 4.79 Å². The van der Waals surface area contributed by atoms with Crippen LogP contribution in [0.3, 0.4) is 0 Å². The predicted octanol–water partition coefficient (Wildman–Crippen LogP) is 7.31. The zero-order valence-electron chi connectivity index (χ0n) is 17.0. The fourth-order valence-corrected chi connectivity index (χ4v) is 7.79. The molecule has 3 nitrogen and oxygen atoms in total. The molecule has 0 aromatic rings. The molecule has 6 heteroatoms. The number of hydrogen-bond donors (Lipinski definition) is 0. The maximum Gasteiger partial charge on any atom is 0.508 e. The van der Waals surface area contributed by atoms with E-state index in [1.165, 1.54) is 44.9 Å². The molecule has 4 saturated carbocycles. The van der Waals surface area contributed by atoms with Crippen LogP contribution in [0.1, 0.15) is 78.1 Å². The van der Waals surface area contributed by atoms with Crippen LogP contribution in [0.5, 0.6) is 0 Å². The van der Waals surface area contributed by atoms with Crippen molar-refractivity contribution in [3.63, 3.8) is 0 Å². The van der Waals surface area contributed by atoms with Crippen molar-refractivity contribution in [1.82, 2.24) is 0 Å². The molecule has 4 aliphatic carbocycles. The minimum Gasteiger partial charge on any atom is -0.431 e. The van der Waals surface area contributed by atoms with Crippen LogP contribution in [-0.4, -0.2) is 22.7 Å². The smallest absolute Gasteiger partial charge is 0.431 e. The van der Waals surface area contributed by atoms with Crippen molar-refractivity contribution in [1.29, 1.82) is 0 Å². The summed E-state index contributed by atoms with van der Waals surface area (Å²) in [5, 5.41) is 0. The number of fused-ring (bicyclic) bond motifs is 5. The highest BCUT2D eigenvalue weighted by Crippen LogP contribution is 2.66. The Morgan fingerprint density at radius 1 is 1.00 bits per heavy atom. The van der Waals surface area contributed by atoms with Gasteiger partial charge in [-0.1, -0.05) is 55.1 Å². The molecule has 0 aromatic heterocycles. The number of carbonyl (C=O) groups excluding carboxylic acids is 1. The lowest BCUT2D eigenvalue weighted by Crippen LogP contribution is -2.53. The SMILES string of the molecule is C[C@]12CCC[C@@H]1[C@@H]1CC[C@H]3C[C@H](OC(=O)OCC(Cl)(Cl)Cl)CC[C@@]3(C)[C@@H]1CC2. The Balaban J connectivity index is 1.37. The molecule has 4 fully saturated rings. The third-order valence-electron chi connectivity index (χ3n) is 9.02. The summed E-state index contributed by atoms with van der Waals surface area (Å²) in [6.07, 6.45) is 12.0. The highest BCUT2D eigenvalue weighted by Gasteiger charge is 2.58. The third kappa shape index (κ3) is 4.02. The first-order valence-electron chi connectivity index (χ1n) is 11.0. The molecule has 7 atom stereocenters. The zero-order chi connectivity index (χ0) is 20.2. The van der Waals surface area contributed by atoms with Crippen LogP contribution in [0.15, 0.2) is 0 Å². The maximum absolute atomic E-state index is 12.0. The molecular formula is C22H33Cl3O3. The Morgan fingerprint density at radius 2 is 1.79 bits per heavy atom.